The third-order valence-corrected chi connectivity index (χ3v) is 5.12. The van der Waals surface area contributed by atoms with Gasteiger partial charge in [-0.05, 0) is 47.7 Å². The molecule has 31 heavy (non-hydrogen) atoms. The molecule has 0 amide bonds. The Kier molecular flexibility index (Phi) is 6.93. The van der Waals surface area contributed by atoms with E-state index in [1.54, 1.807) is 18.2 Å². The molecule has 1 aromatic heterocycles. The van der Waals surface area contributed by atoms with E-state index >= 15 is 0 Å². The number of halogens is 1. The number of carbonyl (C=O) groups is 1. The van der Waals surface area contributed by atoms with Crippen LogP contribution in [0.5, 0.6) is 23.0 Å². The molecule has 0 radical (unpaired) electrons. The first-order chi connectivity index (χ1) is 14.8. The predicted molar refractivity (Wildman–Crippen MR) is 114 cm³/mol. The van der Waals surface area contributed by atoms with Gasteiger partial charge >= 0.3 is 5.97 Å². The van der Waals surface area contributed by atoms with Crippen molar-refractivity contribution in [2.75, 3.05) is 21.3 Å². The largest absolute Gasteiger partial charge is 0.503 e. The molecule has 0 unspecified atom stereocenters. The molecule has 11 heteroatoms. The van der Waals surface area contributed by atoms with Crippen LogP contribution in [0.2, 0.25) is 5.02 Å². The zero-order chi connectivity index (χ0) is 22.5. The molecular weight excluding hydrogens is 448 g/mol. The van der Waals surface area contributed by atoms with Gasteiger partial charge in [-0.25, -0.2) is 4.79 Å². The number of aromatic hydroxyl groups is 1. The Morgan fingerprint density at radius 3 is 2.32 bits per heavy atom. The quantitative estimate of drug-likeness (QED) is 0.367. The molecule has 1 heterocycles. The number of carboxylic acid groups (broad SMARTS) is 1. The number of benzene rings is 2. The first-order valence-corrected chi connectivity index (χ1v) is 9.80. The first-order valence-electron chi connectivity index (χ1n) is 8.61. The number of phenols is 1. The summed E-state index contributed by atoms with van der Waals surface area (Å²) in [6, 6.07) is 7.92. The summed E-state index contributed by atoms with van der Waals surface area (Å²) in [5, 5.41) is 27.3. The lowest BCUT2D eigenvalue weighted by atomic mass is 10.2. The molecular formula is C20H17ClN2O7S. The van der Waals surface area contributed by atoms with E-state index in [0.717, 1.165) is 11.8 Å². The number of rotatable bonds is 8. The lowest BCUT2D eigenvalue weighted by Gasteiger charge is -2.07. The topological polar surface area (TPSA) is 124 Å². The van der Waals surface area contributed by atoms with Gasteiger partial charge in [0.2, 0.25) is 5.89 Å². The van der Waals surface area contributed by atoms with Crippen LogP contribution in [0.3, 0.4) is 0 Å². The van der Waals surface area contributed by atoms with Gasteiger partial charge in [0.15, 0.2) is 11.5 Å². The highest BCUT2D eigenvalue weighted by atomic mass is 35.5. The first kappa shape index (κ1) is 22.3. The van der Waals surface area contributed by atoms with Gasteiger partial charge in [-0.3, -0.25) is 0 Å². The predicted octanol–water partition coefficient (Wildman–Crippen LogP) is 4.34. The van der Waals surface area contributed by atoms with E-state index < -0.39 is 5.97 Å². The fourth-order valence-electron chi connectivity index (χ4n) is 2.51. The number of aliphatic carboxylic acids is 1. The van der Waals surface area contributed by atoms with Crippen molar-refractivity contribution in [3.8, 4) is 34.5 Å². The molecule has 0 saturated heterocycles. The van der Waals surface area contributed by atoms with Crippen LogP contribution in [0.1, 0.15) is 5.56 Å². The van der Waals surface area contributed by atoms with E-state index in [2.05, 4.69) is 10.2 Å². The second kappa shape index (κ2) is 9.63. The lowest BCUT2D eigenvalue weighted by molar-refractivity contribution is -0.131. The minimum Gasteiger partial charge on any atom is -0.503 e. The van der Waals surface area contributed by atoms with Gasteiger partial charge in [-0.1, -0.05) is 11.6 Å². The average molecular weight is 465 g/mol. The average Bonchev–Trinajstić information content (AvgIpc) is 3.23. The molecule has 0 atom stereocenters. The number of thioether (sulfide) groups is 1. The Balaban J connectivity index is 1.91. The van der Waals surface area contributed by atoms with Gasteiger partial charge in [-0.2, -0.15) is 0 Å². The van der Waals surface area contributed by atoms with Crippen LogP contribution < -0.4 is 14.2 Å². The maximum Gasteiger partial charge on any atom is 0.342 e. The molecule has 3 rings (SSSR count). The Bertz CT molecular complexity index is 1120. The molecule has 162 valence electrons. The Morgan fingerprint density at radius 1 is 1.06 bits per heavy atom. The summed E-state index contributed by atoms with van der Waals surface area (Å²) in [4.78, 5) is 11.6. The minimum absolute atomic E-state index is 0.0160. The standard InChI is InChI=1S/C20H17ClN2O7S/c1-27-12-7-11(8-13(9-12)28-2)18-22-23-20(30-18)31-16(19(25)26)6-10-4-14(21)17(24)15(5-10)29-3/h4-9,24H,1-3H3,(H,25,26)/b16-6-. The number of ether oxygens (including phenoxy) is 3. The van der Waals surface area contributed by atoms with Gasteiger partial charge in [0, 0.05) is 11.6 Å². The van der Waals surface area contributed by atoms with Gasteiger partial charge in [0.05, 0.1) is 26.4 Å². The second-order valence-electron chi connectivity index (χ2n) is 5.94. The smallest absolute Gasteiger partial charge is 0.342 e. The Hall–Kier alpha value is -3.37. The normalized spacial score (nSPS) is 11.3. The number of nitrogens with zero attached hydrogens (tertiary/aromatic N) is 2. The van der Waals surface area contributed by atoms with Crippen molar-refractivity contribution in [1.82, 2.24) is 10.2 Å². The minimum atomic E-state index is -1.21. The number of hydrogen-bond donors (Lipinski definition) is 2. The Morgan fingerprint density at radius 2 is 1.74 bits per heavy atom. The molecule has 0 saturated carbocycles. The summed E-state index contributed by atoms with van der Waals surface area (Å²) in [7, 11) is 4.39. The molecule has 0 aliphatic rings. The molecule has 0 spiro atoms. The number of methoxy groups -OCH3 is 3. The van der Waals surface area contributed by atoms with E-state index in [1.807, 2.05) is 0 Å². The fraction of sp³-hybridized carbons (Fsp3) is 0.150. The van der Waals surface area contributed by atoms with E-state index in [4.69, 9.17) is 30.2 Å². The van der Waals surface area contributed by atoms with Crippen LogP contribution in [-0.4, -0.2) is 47.7 Å². The van der Waals surface area contributed by atoms with Crippen molar-refractivity contribution in [2.24, 2.45) is 0 Å². The summed E-state index contributed by atoms with van der Waals surface area (Å²) in [5.74, 6) is -0.103. The highest BCUT2D eigenvalue weighted by molar-refractivity contribution is 8.03. The number of hydrogen-bond acceptors (Lipinski definition) is 9. The number of carboxylic acids is 1. The van der Waals surface area contributed by atoms with E-state index in [-0.39, 0.29) is 32.5 Å². The molecule has 0 aliphatic carbocycles. The van der Waals surface area contributed by atoms with Gasteiger partial charge < -0.3 is 28.8 Å². The van der Waals surface area contributed by atoms with Crippen LogP contribution in [0.4, 0.5) is 0 Å². The van der Waals surface area contributed by atoms with Crippen LogP contribution in [0.25, 0.3) is 17.5 Å². The molecule has 0 aliphatic heterocycles. The van der Waals surface area contributed by atoms with Crippen LogP contribution >= 0.6 is 23.4 Å². The zero-order valence-electron chi connectivity index (χ0n) is 16.6. The molecule has 9 nitrogen and oxygen atoms in total. The molecule has 2 N–H and O–H groups in total. The van der Waals surface area contributed by atoms with E-state index in [9.17, 15) is 15.0 Å². The van der Waals surface area contributed by atoms with Crippen LogP contribution in [0, 0.1) is 0 Å². The maximum atomic E-state index is 11.7. The molecule has 3 aromatic rings. The van der Waals surface area contributed by atoms with Crippen molar-refractivity contribution in [3.63, 3.8) is 0 Å². The molecule has 0 bridgehead atoms. The third-order valence-electron chi connectivity index (χ3n) is 3.98. The monoisotopic (exact) mass is 464 g/mol. The number of aromatic nitrogens is 2. The second-order valence-corrected chi connectivity index (χ2v) is 7.34. The SMILES string of the molecule is COc1cc(OC)cc(-c2nnc(S/C(=C\c3cc(Cl)c(O)c(OC)c3)C(=O)O)o2)c1. The van der Waals surface area contributed by atoms with Crippen LogP contribution in [-0.2, 0) is 4.79 Å². The summed E-state index contributed by atoms with van der Waals surface area (Å²) in [6.07, 6.45) is 1.35. The summed E-state index contributed by atoms with van der Waals surface area (Å²) in [6.45, 7) is 0. The van der Waals surface area contributed by atoms with Crippen molar-refractivity contribution in [1.29, 1.82) is 0 Å². The summed E-state index contributed by atoms with van der Waals surface area (Å²) >= 11 is 6.73. The lowest BCUT2D eigenvalue weighted by Crippen LogP contribution is -1.97. The van der Waals surface area contributed by atoms with Crippen LogP contribution in [0.15, 0.2) is 44.9 Å². The summed E-state index contributed by atoms with van der Waals surface area (Å²) in [5.41, 5.74) is 0.952. The molecule has 0 fully saturated rings. The van der Waals surface area contributed by atoms with Gasteiger partial charge in [0.25, 0.3) is 5.22 Å². The van der Waals surface area contributed by atoms with Crippen molar-refractivity contribution in [3.05, 3.63) is 45.8 Å². The Labute approximate surface area is 186 Å². The maximum absolute atomic E-state index is 11.7. The number of phenolic OH excluding ortho intramolecular Hbond substituents is 1. The van der Waals surface area contributed by atoms with Gasteiger partial charge in [-0.15, -0.1) is 10.2 Å². The fourth-order valence-corrected chi connectivity index (χ4v) is 3.40. The van der Waals surface area contributed by atoms with Gasteiger partial charge in [0.1, 0.15) is 16.4 Å². The van der Waals surface area contributed by atoms with Crippen molar-refractivity contribution >= 4 is 35.4 Å². The molecule has 2 aromatic carbocycles. The van der Waals surface area contributed by atoms with Crippen molar-refractivity contribution in [2.45, 2.75) is 5.22 Å². The third kappa shape index (κ3) is 5.22. The van der Waals surface area contributed by atoms with E-state index in [1.165, 1.54) is 39.5 Å². The highest BCUT2D eigenvalue weighted by Crippen LogP contribution is 2.37. The highest BCUT2D eigenvalue weighted by Gasteiger charge is 2.18. The summed E-state index contributed by atoms with van der Waals surface area (Å²) < 4.78 is 21.1. The van der Waals surface area contributed by atoms with E-state index in [0.29, 0.717) is 22.6 Å². The zero-order valence-corrected chi connectivity index (χ0v) is 18.2. The van der Waals surface area contributed by atoms with Crippen molar-refractivity contribution < 1.29 is 33.6 Å².